The molecule has 5 heteroatoms. The second-order valence-corrected chi connectivity index (χ2v) is 5.92. The minimum Gasteiger partial charge on any atom is -0.493 e. The van der Waals surface area contributed by atoms with Crippen molar-refractivity contribution in [3.8, 4) is 11.5 Å². The van der Waals surface area contributed by atoms with Crippen molar-refractivity contribution in [1.82, 2.24) is 5.32 Å². The molecular formula is C15H18ClNO2S. The molecule has 0 spiro atoms. The SMILES string of the molecule is CNC(c1cc(Cl)c(OC)c(OC)c1)c1ccsc1C. The van der Waals surface area contributed by atoms with Gasteiger partial charge in [-0.2, -0.15) is 0 Å². The highest BCUT2D eigenvalue weighted by atomic mass is 35.5. The van der Waals surface area contributed by atoms with Crippen LogP contribution in [0.1, 0.15) is 22.0 Å². The summed E-state index contributed by atoms with van der Waals surface area (Å²) in [6, 6.07) is 6.09. The Bertz CT molecular complexity index is 598. The molecule has 0 aliphatic heterocycles. The van der Waals surface area contributed by atoms with Gasteiger partial charge in [0.15, 0.2) is 11.5 Å². The average molecular weight is 312 g/mol. The number of rotatable bonds is 5. The van der Waals surface area contributed by atoms with Crippen molar-refractivity contribution in [2.75, 3.05) is 21.3 Å². The molecule has 1 atom stereocenters. The molecule has 1 heterocycles. The normalized spacial score (nSPS) is 12.2. The Labute approximate surface area is 128 Å². The first-order valence-electron chi connectivity index (χ1n) is 6.25. The van der Waals surface area contributed by atoms with E-state index in [1.54, 1.807) is 25.6 Å². The largest absolute Gasteiger partial charge is 0.493 e. The number of hydrogen-bond donors (Lipinski definition) is 1. The monoisotopic (exact) mass is 311 g/mol. The molecule has 1 N–H and O–H groups in total. The Morgan fingerprint density at radius 3 is 2.50 bits per heavy atom. The molecule has 0 amide bonds. The highest BCUT2D eigenvalue weighted by Crippen LogP contribution is 2.39. The van der Waals surface area contributed by atoms with Crippen molar-refractivity contribution in [1.29, 1.82) is 0 Å². The van der Waals surface area contributed by atoms with E-state index < -0.39 is 0 Å². The van der Waals surface area contributed by atoms with E-state index in [9.17, 15) is 0 Å². The number of halogens is 1. The fraction of sp³-hybridized carbons (Fsp3) is 0.333. The third-order valence-corrected chi connectivity index (χ3v) is 4.43. The summed E-state index contributed by atoms with van der Waals surface area (Å²) >= 11 is 8.02. The Hall–Kier alpha value is -1.23. The predicted octanol–water partition coefficient (Wildman–Crippen LogP) is 4.04. The molecule has 20 heavy (non-hydrogen) atoms. The van der Waals surface area contributed by atoms with Crippen molar-refractivity contribution in [3.63, 3.8) is 0 Å². The van der Waals surface area contributed by atoms with Crippen LogP contribution in [0.15, 0.2) is 23.6 Å². The molecule has 1 unspecified atom stereocenters. The standard InChI is InChI=1S/C15H18ClNO2S/c1-9-11(5-6-20-9)14(17-2)10-7-12(16)15(19-4)13(8-10)18-3/h5-8,14,17H,1-4H3. The van der Waals surface area contributed by atoms with Gasteiger partial charge in [0.25, 0.3) is 0 Å². The molecule has 1 aromatic heterocycles. The summed E-state index contributed by atoms with van der Waals surface area (Å²) in [7, 11) is 5.14. The molecule has 0 aliphatic carbocycles. The van der Waals surface area contributed by atoms with Crippen LogP contribution in [0.4, 0.5) is 0 Å². The van der Waals surface area contributed by atoms with Gasteiger partial charge in [0.1, 0.15) is 0 Å². The summed E-state index contributed by atoms with van der Waals surface area (Å²) < 4.78 is 10.6. The number of aryl methyl sites for hydroxylation is 1. The highest BCUT2D eigenvalue weighted by Gasteiger charge is 2.19. The van der Waals surface area contributed by atoms with Crippen molar-refractivity contribution < 1.29 is 9.47 Å². The molecule has 0 aliphatic rings. The summed E-state index contributed by atoms with van der Waals surface area (Å²) in [5, 5.41) is 5.97. The number of hydrogen-bond acceptors (Lipinski definition) is 4. The molecule has 0 saturated heterocycles. The molecule has 0 radical (unpaired) electrons. The molecule has 2 aromatic rings. The van der Waals surface area contributed by atoms with Gasteiger partial charge in [-0.15, -0.1) is 11.3 Å². The summed E-state index contributed by atoms with van der Waals surface area (Å²) in [6.07, 6.45) is 0. The first-order valence-corrected chi connectivity index (χ1v) is 7.50. The lowest BCUT2D eigenvalue weighted by Gasteiger charge is -2.19. The number of thiophene rings is 1. The second-order valence-electron chi connectivity index (χ2n) is 4.39. The minimum atomic E-state index is 0.0820. The van der Waals surface area contributed by atoms with E-state index in [0.717, 1.165) is 5.56 Å². The van der Waals surface area contributed by atoms with E-state index >= 15 is 0 Å². The maximum absolute atomic E-state index is 6.29. The van der Waals surface area contributed by atoms with Crippen LogP contribution >= 0.6 is 22.9 Å². The van der Waals surface area contributed by atoms with Gasteiger partial charge in [0.2, 0.25) is 0 Å². The van der Waals surface area contributed by atoms with Crippen LogP contribution in [0.3, 0.4) is 0 Å². The number of benzene rings is 1. The van der Waals surface area contributed by atoms with E-state index in [1.165, 1.54) is 10.4 Å². The second kappa shape index (κ2) is 6.48. The topological polar surface area (TPSA) is 30.5 Å². The van der Waals surface area contributed by atoms with Gasteiger partial charge >= 0.3 is 0 Å². The van der Waals surface area contributed by atoms with Gasteiger partial charge in [0, 0.05) is 4.88 Å². The van der Waals surface area contributed by atoms with E-state index in [4.69, 9.17) is 21.1 Å². The fourth-order valence-electron chi connectivity index (χ4n) is 2.30. The third kappa shape index (κ3) is 2.77. The Balaban J connectivity index is 2.51. The van der Waals surface area contributed by atoms with Crippen LogP contribution in [-0.2, 0) is 0 Å². The van der Waals surface area contributed by atoms with E-state index in [0.29, 0.717) is 16.5 Å². The molecule has 0 bridgehead atoms. The minimum absolute atomic E-state index is 0.0820. The van der Waals surface area contributed by atoms with Gasteiger partial charge in [0.05, 0.1) is 25.3 Å². The lowest BCUT2D eigenvalue weighted by atomic mass is 9.99. The zero-order valence-electron chi connectivity index (χ0n) is 12.0. The summed E-state index contributed by atoms with van der Waals surface area (Å²) in [5.74, 6) is 1.21. The van der Waals surface area contributed by atoms with Gasteiger partial charge in [-0.25, -0.2) is 0 Å². The number of methoxy groups -OCH3 is 2. The van der Waals surface area contributed by atoms with E-state index in [-0.39, 0.29) is 6.04 Å². The molecular weight excluding hydrogens is 294 g/mol. The molecule has 0 saturated carbocycles. The summed E-state index contributed by atoms with van der Waals surface area (Å²) in [5.41, 5.74) is 2.30. The van der Waals surface area contributed by atoms with Crippen molar-refractivity contribution in [3.05, 3.63) is 44.6 Å². The Morgan fingerprint density at radius 2 is 2.00 bits per heavy atom. The van der Waals surface area contributed by atoms with Crippen LogP contribution in [0, 0.1) is 6.92 Å². The first kappa shape index (κ1) is 15.2. The van der Waals surface area contributed by atoms with Crippen LogP contribution in [0.25, 0.3) is 0 Å². The fourth-order valence-corrected chi connectivity index (χ4v) is 3.34. The third-order valence-electron chi connectivity index (χ3n) is 3.29. The maximum Gasteiger partial charge on any atom is 0.179 e. The van der Waals surface area contributed by atoms with Gasteiger partial charge in [-0.3, -0.25) is 0 Å². The Morgan fingerprint density at radius 1 is 1.25 bits per heavy atom. The van der Waals surface area contributed by atoms with Gasteiger partial charge in [-0.1, -0.05) is 11.6 Å². The highest BCUT2D eigenvalue weighted by molar-refractivity contribution is 7.10. The zero-order chi connectivity index (χ0) is 14.7. The molecule has 1 aromatic carbocycles. The maximum atomic E-state index is 6.29. The van der Waals surface area contributed by atoms with E-state index in [2.05, 4.69) is 23.7 Å². The molecule has 108 valence electrons. The van der Waals surface area contributed by atoms with Crippen molar-refractivity contribution >= 4 is 22.9 Å². The number of ether oxygens (including phenoxy) is 2. The van der Waals surface area contributed by atoms with Crippen molar-refractivity contribution in [2.45, 2.75) is 13.0 Å². The van der Waals surface area contributed by atoms with Crippen LogP contribution < -0.4 is 14.8 Å². The first-order chi connectivity index (χ1) is 9.62. The zero-order valence-corrected chi connectivity index (χ0v) is 13.6. The molecule has 2 rings (SSSR count). The van der Waals surface area contributed by atoms with Crippen molar-refractivity contribution in [2.24, 2.45) is 0 Å². The van der Waals surface area contributed by atoms with Crippen LogP contribution in [0.5, 0.6) is 11.5 Å². The predicted molar refractivity (Wildman–Crippen MR) is 84.5 cm³/mol. The summed E-state index contributed by atoms with van der Waals surface area (Å²) in [6.45, 7) is 2.12. The lowest BCUT2D eigenvalue weighted by Crippen LogP contribution is -2.18. The molecule has 3 nitrogen and oxygen atoms in total. The summed E-state index contributed by atoms with van der Waals surface area (Å²) in [4.78, 5) is 1.29. The Kier molecular flexibility index (Phi) is 4.91. The van der Waals surface area contributed by atoms with Crippen LogP contribution in [0.2, 0.25) is 5.02 Å². The van der Waals surface area contributed by atoms with E-state index in [1.807, 2.05) is 19.2 Å². The average Bonchev–Trinajstić information content (AvgIpc) is 2.85. The van der Waals surface area contributed by atoms with Crippen LogP contribution in [-0.4, -0.2) is 21.3 Å². The van der Waals surface area contributed by atoms with Gasteiger partial charge < -0.3 is 14.8 Å². The smallest absolute Gasteiger partial charge is 0.179 e. The molecule has 0 fully saturated rings. The quantitative estimate of drug-likeness (QED) is 0.904. The lowest BCUT2D eigenvalue weighted by molar-refractivity contribution is 0.354. The number of nitrogens with one attached hydrogen (secondary N) is 1. The van der Waals surface area contributed by atoms with Gasteiger partial charge in [-0.05, 0) is 48.7 Å².